The van der Waals surface area contributed by atoms with E-state index in [-0.39, 0.29) is 4.21 Å². The van der Waals surface area contributed by atoms with E-state index >= 15 is 0 Å². The minimum atomic E-state index is -3.60. The summed E-state index contributed by atoms with van der Waals surface area (Å²) in [6.45, 7) is 0. The fourth-order valence-corrected chi connectivity index (χ4v) is 4.94. The van der Waals surface area contributed by atoms with Gasteiger partial charge in [0.25, 0.3) is 10.0 Å². The maximum atomic E-state index is 11.8. The minimum Gasteiger partial charge on any atom is -0.267 e. The van der Waals surface area contributed by atoms with Crippen molar-refractivity contribution in [2.24, 2.45) is 0 Å². The maximum Gasteiger partial charge on any atom is 0.272 e. The third kappa shape index (κ3) is 2.54. The molecule has 0 spiro atoms. The smallest absolute Gasteiger partial charge is 0.267 e. The summed E-state index contributed by atoms with van der Waals surface area (Å²) in [5.41, 5.74) is 0. The summed E-state index contributed by atoms with van der Waals surface area (Å²) in [5.74, 6) is 0. The lowest BCUT2D eigenvalue weighted by Gasteiger charge is -2.00. The zero-order valence-electron chi connectivity index (χ0n) is 7.35. The third-order valence-electron chi connectivity index (χ3n) is 1.48. The molecule has 2 rings (SSSR count). The van der Waals surface area contributed by atoms with Crippen molar-refractivity contribution in [3.63, 3.8) is 0 Å². The number of hydrogen-bond donors (Lipinski definition) is 1. The van der Waals surface area contributed by atoms with E-state index in [0.29, 0.717) is 13.8 Å². The van der Waals surface area contributed by atoms with Crippen molar-refractivity contribution in [3.05, 3.63) is 21.1 Å². The Labute approximate surface area is 113 Å². The van der Waals surface area contributed by atoms with E-state index in [2.05, 4.69) is 30.2 Å². The normalized spacial score (nSPS) is 11.6. The SMILES string of the molecule is O=S(=O)(Nc1cnns1)c1cc(Cl)c(Br)s1. The number of sulfonamides is 1. The van der Waals surface area contributed by atoms with Gasteiger partial charge in [-0.2, -0.15) is 0 Å². The van der Waals surface area contributed by atoms with Gasteiger partial charge in [0.15, 0.2) is 0 Å². The predicted molar refractivity (Wildman–Crippen MR) is 67.7 cm³/mol. The summed E-state index contributed by atoms with van der Waals surface area (Å²) in [6.07, 6.45) is 1.34. The summed E-state index contributed by atoms with van der Waals surface area (Å²) in [7, 11) is -3.60. The summed E-state index contributed by atoms with van der Waals surface area (Å²) in [6, 6.07) is 1.38. The first-order chi connectivity index (χ1) is 7.49. The van der Waals surface area contributed by atoms with Crippen LogP contribution < -0.4 is 4.72 Å². The number of thiophene rings is 1. The molecule has 10 heteroatoms. The molecule has 0 saturated heterocycles. The van der Waals surface area contributed by atoms with Crippen LogP contribution in [0.15, 0.2) is 20.3 Å². The molecule has 2 heterocycles. The Kier molecular flexibility index (Phi) is 3.50. The van der Waals surface area contributed by atoms with Crippen LogP contribution in [0.2, 0.25) is 5.02 Å². The lowest BCUT2D eigenvalue weighted by atomic mass is 10.7. The molecule has 0 aromatic carbocycles. The number of rotatable bonds is 3. The fourth-order valence-electron chi connectivity index (χ4n) is 0.854. The van der Waals surface area contributed by atoms with Gasteiger partial charge in [0.2, 0.25) is 0 Å². The molecule has 5 nitrogen and oxygen atoms in total. The molecule has 86 valence electrons. The van der Waals surface area contributed by atoms with Gasteiger partial charge >= 0.3 is 0 Å². The van der Waals surface area contributed by atoms with Gasteiger partial charge in [0.1, 0.15) is 9.21 Å². The van der Waals surface area contributed by atoms with E-state index in [1.54, 1.807) is 0 Å². The first-order valence-electron chi connectivity index (χ1n) is 3.74. The Balaban J connectivity index is 2.32. The lowest BCUT2D eigenvalue weighted by Crippen LogP contribution is -2.10. The second-order valence-corrected chi connectivity index (χ2v) is 8.05. The van der Waals surface area contributed by atoms with Crippen molar-refractivity contribution in [2.75, 3.05) is 4.72 Å². The molecule has 1 N–H and O–H groups in total. The van der Waals surface area contributed by atoms with E-state index in [9.17, 15) is 8.42 Å². The van der Waals surface area contributed by atoms with Gasteiger partial charge in [-0.15, -0.1) is 16.4 Å². The van der Waals surface area contributed by atoms with Gasteiger partial charge in [-0.25, -0.2) is 8.42 Å². The van der Waals surface area contributed by atoms with Gasteiger partial charge in [-0.1, -0.05) is 16.1 Å². The molecule has 0 saturated carbocycles. The molecule has 0 aliphatic heterocycles. The highest BCUT2D eigenvalue weighted by Gasteiger charge is 2.19. The van der Waals surface area contributed by atoms with Crippen molar-refractivity contribution >= 4 is 65.4 Å². The highest BCUT2D eigenvalue weighted by atomic mass is 79.9. The van der Waals surface area contributed by atoms with Crippen LogP contribution in [-0.2, 0) is 10.0 Å². The Morgan fingerprint density at radius 1 is 1.50 bits per heavy atom. The Morgan fingerprint density at radius 2 is 2.25 bits per heavy atom. The van der Waals surface area contributed by atoms with Gasteiger partial charge in [0.05, 0.1) is 15.0 Å². The van der Waals surface area contributed by atoms with Crippen molar-refractivity contribution in [1.82, 2.24) is 9.59 Å². The van der Waals surface area contributed by atoms with Crippen LogP contribution in [0.1, 0.15) is 0 Å². The number of anilines is 1. The molecule has 0 atom stereocenters. The maximum absolute atomic E-state index is 11.8. The Hall–Kier alpha value is -0.220. The lowest BCUT2D eigenvalue weighted by molar-refractivity contribution is 0.603. The highest BCUT2D eigenvalue weighted by Crippen LogP contribution is 2.35. The average Bonchev–Trinajstić information content (AvgIpc) is 2.78. The molecule has 0 aliphatic carbocycles. The van der Waals surface area contributed by atoms with Gasteiger partial charge in [-0.05, 0) is 22.0 Å². The van der Waals surface area contributed by atoms with Crippen LogP contribution in [-0.4, -0.2) is 18.0 Å². The number of hydrogen-bond acceptors (Lipinski definition) is 6. The third-order valence-corrected chi connectivity index (χ3v) is 6.51. The fraction of sp³-hybridized carbons (Fsp3) is 0. The molecule has 2 aromatic rings. The van der Waals surface area contributed by atoms with E-state index in [4.69, 9.17) is 11.6 Å². The zero-order chi connectivity index (χ0) is 11.8. The van der Waals surface area contributed by atoms with Gasteiger partial charge in [-0.3, -0.25) is 4.72 Å². The zero-order valence-corrected chi connectivity index (χ0v) is 12.1. The monoisotopic (exact) mass is 359 g/mol. The van der Waals surface area contributed by atoms with E-state index in [1.165, 1.54) is 12.3 Å². The Bertz CT molecular complexity index is 575. The second kappa shape index (κ2) is 4.57. The van der Waals surface area contributed by atoms with Crippen LogP contribution in [0.25, 0.3) is 0 Å². The molecule has 0 fully saturated rings. The van der Waals surface area contributed by atoms with Crippen molar-refractivity contribution in [3.8, 4) is 0 Å². The Morgan fingerprint density at radius 3 is 2.75 bits per heavy atom. The van der Waals surface area contributed by atoms with Crippen LogP contribution in [0.3, 0.4) is 0 Å². The molecule has 0 bridgehead atoms. The van der Waals surface area contributed by atoms with Crippen LogP contribution in [0, 0.1) is 0 Å². The molecular formula is C6H3BrClN3O2S3. The van der Waals surface area contributed by atoms with E-state index < -0.39 is 10.0 Å². The van der Waals surface area contributed by atoms with Crippen LogP contribution in [0.4, 0.5) is 5.00 Å². The molecule has 0 unspecified atom stereocenters. The van der Waals surface area contributed by atoms with Gasteiger partial charge < -0.3 is 0 Å². The standard InChI is InChI=1S/C6H3BrClN3O2S3/c7-6-3(8)1-5(14-6)16(12,13)10-4-2-9-11-15-4/h1-2,10H. The van der Waals surface area contributed by atoms with Crippen molar-refractivity contribution < 1.29 is 8.42 Å². The second-order valence-electron chi connectivity index (χ2n) is 2.57. The largest absolute Gasteiger partial charge is 0.272 e. The molecule has 0 amide bonds. The first kappa shape index (κ1) is 12.2. The molecule has 0 radical (unpaired) electrons. The molecule has 2 aromatic heterocycles. The van der Waals surface area contributed by atoms with Gasteiger partial charge in [0, 0.05) is 11.5 Å². The highest BCUT2D eigenvalue weighted by molar-refractivity contribution is 9.11. The number of halogens is 2. The number of nitrogens with one attached hydrogen (secondary N) is 1. The first-order valence-corrected chi connectivity index (χ1v) is 7.98. The molecular weight excluding hydrogens is 358 g/mol. The van der Waals surface area contributed by atoms with Crippen LogP contribution >= 0.6 is 50.4 Å². The quantitative estimate of drug-likeness (QED) is 0.913. The minimum absolute atomic E-state index is 0.137. The topological polar surface area (TPSA) is 72.0 Å². The summed E-state index contributed by atoms with van der Waals surface area (Å²) in [4.78, 5) is 0. The predicted octanol–water partition coefficient (Wildman–Crippen LogP) is 2.82. The summed E-state index contributed by atoms with van der Waals surface area (Å²) < 4.78 is 30.3. The number of aromatic nitrogens is 2. The van der Waals surface area contributed by atoms with E-state index in [0.717, 1.165) is 22.9 Å². The van der Waals surface area contributed by atoms with Crippen molar-refractivity contribution in [1.29, 1.82) is 0 Å². The average molecular weight is 361 g/mol. The molecule has 0 aliphatic rings. The van der Waals surface area contributed by atoms with Crippen molar-refractivity contribution in [2.45, 2.75) is 4.21 Å². The summed E-state index contributed by atoms with van der Waals surface area (Å²) in [5, 5.41) is 4.26. The number of nitrogens with zero attached hydrogens (tertiary/aromatic N) is 2. The van der Waals surface area contributed by atoms with E-state index in [1.807, 2.05) is 0 Å². The van der Waals surface area contributed by atoms with Crippen LogP contribution in [0.5, 0.6) is 0 Å². The summed E-state index contributed by atoms with van der Waals surface area (Å²) >= 11 is 10.9. The molecule has 16 heavy (non-hydrogen) atoms.